The van der Waals surface area contributed by atoms with Crippen molar-refractivity contribution in [2.24, 2.45) is 0 Å². The number of hydrogen-bond donors (Lipinski definition) is 0. The van der Waals surface area contributed by atoms with Gasteiger partial charge in [-0.15, -0.1) is 0 Å². The van der Waals surface area contributed by atoms with Gasteiger partial charge >= 0.3 is 0 Å². The molecule has 0 N–H and O–H groups in total. The number of rotatable bonds is 2. The standard InChI is InChI=1S/C22H24N.C2H6/c1-4-7-17-10-12-19-15(2)16(3)23-21-9-6-5-8-18(21)11-13-22(23)20(19)14-17;1-2/h5-6,8-16H,4,7H2,1-3H3;1-2H3/q+1;. The van der Waals surface area contributed by atoms with Crippen LogP contribution in [0.1, 0.15) is 64.1 Å². The van der Waals surface area contributed by atoms with Crippen LogP contribution in [0.5, 0.6) is 0 Å². The van der Waals surface area contributed by atoms with Gasteiger partial charge in [0.1, 0.15) is 0 Å². The predicted molar refractivity (Wildman–Crippen MR) is 108 cm³/mol. The van der Waals surface area contributed by atoms with Gasteiger partial charge in [0.25, 0.3) is 0 Å². The molecule has 1 nitrogen and oxygen atoms in total. The first-order valence-electron chi connectivity index (χ1n) is 9.77. The van der Waals surface area contributed by atoms with E-state index in [1.54, 1.807) is 0 Å². The fraction of sp³-hybridized carbons (Fsp3) is 0.375. The van der Waals surface area contributed by atoms with Crippen LogP contribution in [0.15, 0.2) is 54.6 Å². The van der Waals surface area contributed by atoms with Crippen molar-refractivity contribution in [2.75, 3.05) is 0 Å². The van der Waals surface area contributed by atoms with Crippen LogP contribution < -0.4 is 4.57 Å². The van der Waals surface area contributed by atoms with Gasteiger partial charge in [-0.05, 0) is 42.7 Å². The first kappa shape index (κ1) is 17.7. The monoisotopic (exact) mass is 332 g/mol. The highest BCUT2D eigenvalue weighted by molar-refractivity contribution is 5.78. The van der Waals surface area contributed by atoms with E-state index < -0.39 is 0 Å². The zero-order valence-corrected chi connectivity index (χ0v) is 16.2. The summed E-state index contributed by atoms with van der Waals surface area (Å²) >= 11 is 0. The number of nitrogens with zero attached hydrogens (tertiary/aromatic N) is 1. The number of benzene rings is 2. The summed E-state index contributed by atoms with van der Waals surface area (Å²) in [5.41, 5.74) is 7.07. The summed E-state index contributed by atoms with van der Waals surface area (Å²) in [6.07, 6.45) is 2.35. The molecule has 4 rings (SSSR count). The second-order valence-corrected chi connectivity index (χ2v) is 6.85. The Kier molecular flexibility index (Phi) is 5.22. The van der Waals surface area contributed by atoms with Crippen LogP contribution in [0.4, 0.5) is 0 Å². The van der Waals surface area contributed by atoms with Crippen molar-refractivity contribution in [3.05, 3.63) is 65.7 Å². The maximum atomic E-state index is 2.54. The average molecular weight is 333 g/mol. The van der Waals surface area contributed by atoms with Crippen LogP contribution in [0, 0.1) is 0 Å². The summed E-state index contributed by atoms with van der Waals surface area (Å²) in [6, 6.07) is 20.9. The van der Waals surface area contributed by atoms with E-state index in [1.165, 1.54) is 39.7 Å². The van der Waals surface area contributed by atoms with Crippen molar-refractivity contribution in [3.63, 3.8) is 0 Å². The number of aryl methyl sites for hydroxylation is 1. The number of hydrogen-bond acceptors (Lipinski definition) is 0. The van der Waals surface area contributed by atoms with E-state index in [-0.39, 0.29) is 0 Å². The van der Waals surface area contributed by atoms with Crippen molar-refractivity contribution in [1.29, 1.82) is 0 Å². The molecule has 0 aliphatic carbocycles. The van der Waals surface area contributed by atoms with Crippen molar-refractivity contribution in [2.45, 2.75) is 59.4 Å². The fourth-order valence-corrected chi connectivity index (χ4v) is 4.03. The Morgan fingerprint density at radius 2 is 1.68 bits per heavy atom. The molecule has 0 radical (unpaired) electrons. The van der Waals surface area contributed by atoms with Gasteiger partial charge in [0, 0.05) is 23.4 Å². The van der Waals surface area contributed by atoms with Crippen LogP contribution >= 0.6 is 0 Å². The van der Waals surface area contributed by atoms with Crippen LogP contribution in [-0.2, 0) is 6.42 Å². The Bertz CT molecular complexity index is 878. The van der Waals surface area contributed by atoms with E-state index >= 15 is 0 Å². The van der Waals surface area contributed by atoms with Gasteiger partial charge in [0.05, 0.1) is 5.56 Å². The lowest BCUT2D eigenvalue weighted by atomic mass is 9.83. The maximum Gasteiger partial charge on any atom is 0.213 e. The molecule has 1 aliphatic rings. The minimum absolute atomic E-state index is 0.473. The van der Waals surface area contributed by atoms with Crippen LogP contribution in [-0.4, -0.2) is 0 Å². The van der Waals surface area contributed by atoms with Crippen LogP contribution in [0.3, 0.4) is 0 Å². The highest BCUT2D eigenvalue weighted by Gasteiger charge is 2.35. The zero-order valence-electron chi connectivity index (χ0n) is 16.2. The van der Waals surface area contributed by atoms with Crippen LogP contribution in [0.25, 0.3) is 22.2 Å². The molecule has 0 bridgehead atoms. The van der Waals surface area contributed by atoms with Crippen molar-refractivity contribution in [1.82, 2.24) is 0 Å². The summed E-state index contributed by atoms with van der Waals surface area (Å²) < 4.78 is 2.54. The van der Waals surface area contributed by atoms with Gasteiger partial charge in [-0.25, -0.2) is 0 Å². The topological polar surface area (TPSA) is 3.88 Å². The SMILES string of the molecule is CC.CCCc1ccc2c(c1)-c1ccc3ccccc3[n+]1C(C)C2C. The molecular weight excluding hydrogens is 302 g/mol. The van der Waals surface area contributed by atoms with E-state index in [2.05, 4.69) is 79.9 Å². The largest absolute Gasteiger partial charge is 0.213 e. The van der Waals surface area contributed by atoms with E-state index in [0.717, 1.165) is 6.42 Å². The lowest BCUT2D eigenvalue weighted by molar-refractivity contribution is -0.689. The molecule has 0 spiro atoms. The second kappa shape index (κ2) is 7.39. The first-order valence-corrected chi connectivity index (χ1v) is 9.77. The number of para-hydroxylation sites is 1. The summed E-state index contributed by atoms with van der Waals surface area (Å²) in [4.78, 5) is 0. The highest BCUT2D eigenvalue weighted by atomic mass is 15.0. The normalized spacial score (nSPS) is 18.1. The lowest BCUT2D eigenvalue weighted by Gasteiger charge is -2.27. The Morgan fingerprint density at radius 1 is 0.920 bits per heavy atom. The fourth-order valence-electron chi connectivity index (χ4n) is 4.03. The summed E-state index contributed by atoms with van der Waals surface area (Å²) in [7, 11) is 0. The number of pyridine rings is 1. The Balaban J connectivity index is 0.000000880. The Labute approximate surface area is 152 Å². The smallest absolute Gasteiger partial charge is 0.188 e. The molecule has 130 valence electrons. The highest BCUT2D eigenvalue weighted by Crippen LogP contribution is 2.39. The molecule has 1 aromatic heterocycles. The Hall–Kier alpha value is -2.15. The van der Waals surface area contributed by atoms with Crippen molar-refractivity contribution in [3.8, 4) is 11.3 Å². The lowest BCUT2D eigenvalue weighted by Crippen LogP contribution is -2.46. The predicted octanol–water partition coefficient (Wildman–Crippen LogP) is 6.45. The quantitative estimate of drug-likeness (QED) is 0.475. The summed E-state index contributed by atoms with van der Waals surface area (Å²) in [6.45, 7) is 11.0. The maximum absolute atomic E-state index is 2.54. The van der Waals surface area contributed by atoms with Crippen LogP contribution in [0.2, 0.25) is 0 Å². The third kappa shape index (κ3) is 2.97. The molecule has 3 aromatic rings. The minimum atomic E-state index is 0.473. The molecule has 2 atom stereocenters. The molecule has 2 unspecified atom stereocenters. The molecule has 25 heavy (non-hydrogen) atoms. The molecule has 0 saturated carbocycles. The molecule has 0 saturated heterocycles. The molecule has 1 aliphatic heterocycles. The van der Waals surface area contributed by atoms with Gasteiger partial charge in [0.2, 0.25) is 11.2 Å². The van der Waals surface area contributed by atoms with E-state index in [0.29, 0.717) is 12.0 Å². The summed E-state index contributed by atoms with van der Waals surface area (Å²) in [5, 5.41) is 1.32. The minimum Gasteiger partial charge on any atom is -0.188 e. The summed E-state index contributed by atoms with van der Waals surface area (Å²) in [5.74, 6) is 0.531. The van der Waals surface area contributed by atoms with Gasteiger partial charge in [-0.3, -0.25) is 0 Å². The van der Waals surface area contributed by atoms with E-state index in [4.69, 9.17) is 0 Å². The molecule has 2 aromatic carbocycles. The van der Waals surface area contributed by atoms with Gasteiger partial charge in [-0.1, -0.05) is 58.4 Å². The van der Waals surface area contributed by atoms with E-state index in [9.17, 15) is 0 Å². The average Bonchev–Trinajstić information content (AvgIpc) is 2.67. The molecule has 1 heteroatoms. The third-order valence-corrected chi connectivity index (χ3v) is 5.43. The third-order valence-electron chi connectivity index (χ3n) is 5.43. The van der Waals surface area contributed by atoms with E-state index in [1.807, 2.05) is 13.8 Å². The number of fused-ring (bicyclic) bond motifs is 5. The zero-order chi connectivity index (χ0) is 18.0. The van der Waals surface area contributed by atoms with Gasteiger partial charge in [0.15, 0.2) is 6.04 Å². The van der Waals surface area contributed by atoms with Crippen molar-refractivity contribution >= 4 is 10.9 Å². The molecule has 0 amide bonds. The molecular formula is C24H30N+. The van der Waals surface area contributed by atoms with Gasteiger partial charge in [-0.2, -0.15) is 4.57 Å². The van der Waals surface area contributed by atoms with Crippen molar-refractivity contribution < 1.29 is 4.57 Å². The first-order chi connectivity index (χ1) is 12.2. The molecule has 2 heterocycles. The Morgan fingerprint density at radius 3 is 2.44 bits per heavy atom. The number of aromatic nitrogens is 1. The molecule has 0 fully saturated rings. The van der Waals surface area contributed by atoms with Gasteiger partial charge < -0.3 is 0 Å². The second-order valence-electron chi connectivity index (χ2n) is 6.85.